The number of aliphatic hydroxyl groups excluding tert-OH is 1. The predicted molar refractivity (Wildman–Crippen MR) is 105 cm³/mol. The average Bonchev–Trinajstić information content (AvgIpc) is 3.00. The lowest BCUT2D eigenvalue weighted by molar-refractivity contribution is -0.150. The Morgan fingerprint density at radius 3 is 2.59 bits per heavy atom. The van der Waals surface area contributed by atoms with Crippen LogP contribution < -0.4 is 0 Å². The number of carboxylic acids is 1. The molecule has 7 nitrogen and oxygen atoms in total. The number of aliphatic carboxylic acids is 1. The van der Waals surface area contributed by atoms with Crippen LogP contribution >= 0.6 is 0 Å². The van der Waals surface area contributed by atoms with Crippen LogP contribution in [0.5, 0.6) is 0 Å². The Kier molecular flexibility index (Phi) is 5.16. The number of fused-ring (bicyclic) bond motifs is 5. The maximum absolute atomic E-state index is 12.1. The Labute approximate surface area is 172 Å². The third-order valence-corrected chi connectivity index (χ3v) is 9.76. The van der Waals surface area contributed by atoms with Crippen molar-refractivity contribution in [1.82, 2.24) is 0 Å². The lowest BCUT2D eigenvalue weighted by Gasteiger charge is -2.59. The SMILES string of the molecule is COS(=O)(=O)OC1CC(O)CC2=CC[C@@H]3[C@@H](CC[C@]4(C)C(C(=O)O)CC[C@@H]34)[C@]21C. The molecular weight excluding hydrogens is 396 g/mol. The van der Waals surface area contributed by atoms with Gasteiger partial charge in [0.05, 0.1) is 25.2 Å². The van der Waals surface area contributed by atoms with Crippen molar-refractivity contribution in [1.29, 1.82) is 0 Å². The molecule has 0 saturated heterocycles. The number of carbonyl (C=O) groups is 1. The number of rotatable bonds is 4. The molecule has 4 rings (SSSR count). The van der Waals surface area contributed by atoms with Crippen LogP contribution in [0.15, 0.2) is 11.6 Å². The maximum atomic E-state index is 12.1. The first-order chi connectivity index (χ1) is 13.5. The number of allylic oxidation sites excluding steroid dienone is 1. The third-order valence-electron chi connectivity index (χ3n) is 8.88. The van der Waals surface area contributed by atoms with E-state index >= 15 is 0 Å². The van der Waals surface area contributed by atoms with Gasteiger partial charge in [0.15, 0.2) is 0 Å². The van der Waals surface area contributed by atoms with Crippen LogP contribution in [0.4, 0.5) is 0 Å². The molecule has 3 unspecified atom stereocenters. The maximum Gasteiger partial charge on any atom is 0.399 e. The van der Waals surface area contributed by atoms with Crippen molar-refractivity contribution in [3.05, 3.63) is 11.6 Å². The Balaban J connectivity index is 1.70. The van der Waals surface area contributed by atoms with Crippen molar-refractivity contribution in [2.24, 2.45) is 34.5 Å². The summed E-state index contributed by atoms with van der Waals surface area (Å²) in [5.74, 6) is -0.180. The Bertz CT molecular complexity index is 821. The molecule has 0 aromatic carbocycles. The second-order valence-electron chi connectivity index (χ2n) is 9.89. The minimum atomic E-state index is -4.13. The monoisotopic (exact) mass is 428 g/mol. The van der Waals surface area contributed by atoms with Gasteiger partial charge in [0.2, 0.25) is 0 Å². The van der Waals surface area contributed by atoms with Crippen LogP contribution in [0.2, 0.25) is 0 Å². The molecule has 3 fully saturated rings. The zero-order valence-corrected chi connectivity index (χ0v) is 18.2. The summed E-state index contributed by atoms with van der Waals surface area (Å²) in [5.41, 5.74) is 0.360. The molecule has 0 spiro atoms. The van der Waals surface area contributed by atoms with Gasteiger partial charge in [-0.25, -0.2) is 4.18 Å². The number of hydrogen-bond donors (Lipinski definition) is 2. The summed E-state index contributed by atoms with van der Waals surface area (Å²) in [5, 5.41) is 20.1. The highest BCUT2D eigenvalue weighted by Crippen LogP contribution is 2.66. The highest BCUT2D eigenvalue weighted by molar-refractivity contribution is 7.81. The Hall–Kier alpha value is -0.960. The van der Waals surface area contributed by atoms with E-state index in [0.29, 0.717) is 24.7 Å². The first-order valence-corrected chi connectivity index (χ1v) is 12.0. The molecule has 8 heteroatoms. The van der Waals surface area contributed by atoms with Crippen molar-refractivity contribution < 1.29 is 31.8 Å². The van der Waals surface area contributed by atoms with Gasteiger partial charge in [0.1, 0.15) is 0 Å². The summed E-state index contributed by atoms with van der Waals surface area (Å²) >= 11 is 0. The molecule has 3 saturated carbocycles. The predicted octanol–water partition coefficient (Wildman–Crippen LogP) is 2.90. The summed E-state index contributed by atoms with van der Waals surface area (Å²) in [6.45, 7) is 4.21. The van der Waals surface area contributed by atoms with Crippen LogP contribution in [0.1, 0.15) is 58.8 Å². The van der Waals surface area contributed by atoms with E-state index in [4.69, 9.17) is 4.18 Å². The third kappa shape index (κ3) is 3.18. The van der Waals surface area contributed by atoms with Gasteiger partial charge in [-0.05, 0) is 61.7 Å². The fourth-order valence-electron chi connectivity index (χ4n) is 7.40. The zero-order chi connectivity index (χ0) is 21.2. The van der Waals surface area contributed by atoms with Gasteiger partial charge >= 0.3 is 16.4 Å². The van der Waals surface area contributed by atoms with Crippen LogP contribution in [-0.2, 0) is 23.6 Å². The summed E-state index contributed by atoms with van der Waals surface area (Å²) in [6.07, 6.45) is 5.77. The van der Waals surface area contributed by atoms with Crippen molar-refractivity contribution in [3.8, 4) is 0 Å². The summed E-state index contributed by atoms with van der Waals surface area (Å²) in [4.78, 5) is 11.9. The van der Waals surface area contributed by atoms with Crippen LogP contribution in [0.3, 0.4) is 0 Å². The zero-order valence-electron chi connectivity index (χ0n) is 17.3. The first kappa shape index (κ1) is 21.3. The highest BCUT2D eigenvalue weighted by atomic mass is 32.3. The lowest BCUT2D eigenvalue weighted by atomic mass is 9.46. The van der Waals surface area contributed by atoms with Gasteiger partial charge in [0, 0.05) is 11.8 Å². The fourth-order valence-corrected chi connectivity index (χ4v) is 8.04. The van der Waals surface area contributed by atoms with Crippen molar-refractivity contribution in [2.45, 2.75) is 71.0 Å². The minimum Gasteiger partial charge on any atom is -0.481 e. The van der Waals surface area contributed by atoms with E-state index in [1.807, 2.05) is 0 Å². The lowest BCUT2D eigenvalue weighted by Crippen LogP contribution is -2.56. The normalized spacial score (nSPS) is 47.0. The van der Waals surface area contributed by atoms with Crippen molar-refractivity contribution >= 4 is 16.4 Å². The molecule has 0 amide bonds. The molecule has 0 aliphatic heterocycles. The molecule has 8 atom stereocenters. The standard InChI is InChI=1S/C21H32O7S/c1-20-9-8-16-14(15(20)6-7-17(20)19(23)24)5-4-12-10-13(22)11-18(21(12,16)2)28-29(25,26)27-3/h4,13-18,22H,5-11H2,1-3H3,(H,23,24)/t13?,14-,15-,16+,17?,18?,20-,21-/m0/s1. The molecule has 0 aromatic heterocycles. The second kappa shape index (κ2) is 7.04. The van der Waals surface area contributed by atoms with Crippen LogP contribution in [0, 0.1) is 34.5 Å². The molecule has 4 aliphatic rings. The van der Waals surface area contributed by atoms with Crippen molar-refractivity contribution in [2.75, 3.05) is 7.11 Å². The summed E-state index contributed by atoms with van der Waals surface area (Å²) in [7, 11) is -3.06. The number of hydrogen-bond acceptors (Lipinski definition) is 6. The van der Waals surface area contributed by atoms with Gasteiger partial charge in [-0.2, -0.15) is 8.42 Å². The Morgan fingerprint density at radius 1 is 1.21 bits per heavy atom. The van der Waals surface area contributed by atoms with E-state index in [-0.39, 0.29) is 23.7 Å². The van der Waals surface area contributed by atoms with E-state index in [0.717, 1.165) is 38.4 Å². The first-order valence-electron chi connectivity index (χ1n) is 10.6. The van der Waals surface area contributed by atoms with Gasteiger partial charge in [-0.1, -0.05) is 25.5 Å². The Morgan fingerprint density at radius 2 is 1.93 bits per heavy atom. The molecule has 0 bridgehead atoms. The molecule has 2 N–H and O–H groups in total. The quantitative estimate of drug-likeness (QED) is 0.663. The highest BCUT2D eigenvalue weighted by Gasteiger charge is 2.62. The van der Waals surface area contributed by atoms with Gasteiger partial charge in [-0.3, -0.25) is 8.98 Å². The van der Waals surface area contributed by atoms with E-state index in [1.54, 1.807) is 0 Å². The molecule has 4 aliphatic carbocycles. The van der Waals surface area contributed by atoms with Crippen LogP contribution in [-0.4, -0.2) is 43.9 Å². The molecule has 0 heterocycles. The van der Waals surface area contributed by atoms with E-state index in [1.165, 1.54) is 0 Å². The average molecular weight is 429 g/mol. The number of carboxylic acid groups (broad SMARTS) is 1. The summed E-state index contributed by atoms with van der Waals surface area (Å²) < 4.78 is 34.2. The van der Waals surface area contributed by atoms with Gasteiger partial charge in [0.25, 0.3) is 0 Å². The molecule has 164 valence electrons. The smallest absolute Gasteiger partial charge is 0.399 e. The van der Waals surface area contributed by atoms with E-state index in [2.05, 4.69) is 24.1 Å². The largest absolute Gasteiger partial charge is 0.481 e. The topological polar surface area (TPSA) is 110 Å². The number of aliphatic hydroxyl groups is 1. The fraction of sp³-hybridized carbons (Fsp3) is 0.857. The molecule has 0 radical (unpaired) electrons. The molecule has 29 heavy (non-hydrogen) atoms. The van der Waals surface area contributed by atoms with Crippen LogP contribution in [0.25, 0.3) is 0 Å². The minimum absolute atomic E-state index is 0.206. The second-order valence-corrected chi connectivity index (χ2v) is 11.2. The van der Waals surface area contributed by atoms with Gasteiger partial charge < -0.3 is 10.2 Å². The van der Waals surface area contributed by atoms with E-state index < -0.39 is 34.0 Å². The molecular formula is C21H32O7S. The molecule has 0 aromatic rings. The van der Waals surface area contributed by atoms with Gasteiger partial charge in [-0.15, -0.1) is 0 Å². The van der Waals surface area contributed by atoms with Crippen molar-refractivity contribution in [3.63, 3.8) is 0 Å². The van der Waals surface area contributed by atoms with E-state index in [9.17, 15) is 23.4 Å². The summed E-state index contributed by atoms with van der Waals surface area (Å²) in [6, 6.07) is 0.